The standard InChI is InChI=1S/C26H27ClN4O3/c27-20-7-5-19(6-8-20)24-17-22(21-3-1-2-4-23(21)28-24)26(33)31-11-9-29(10-12-31)18-25(32)30-13-15-34-16-14-30/h1-8,17H,9-16,18H2. The molecule has 0 bridgehead atoms. The molecule has 5 rings (SSSR count). The van der Waals surface area contributed by atoms with Crippen LogP contribution in [-0.4, -0.2) is 90.5 Å². The number of carbonyl (C=O) groups is 2. The lowest BCUT2D eigenvalue weighted by atomic mass is 10.0. The largest absolute Gasteiger partial charge is 0.378 e. The number of hydrogen-bond donors (Lipinski definition) is 0. The highest BCUT2D eigenvalue weighted by atomic mass is 35.5. The number of pyridine rings is 1. The lowest BCUT2D eigenvalue weighted by molar-refractivity contribution is -0.136. The number of fused-ring (bicyclic) bond motifs is 1. The Morgan fingerprint density at radius 2 is 1.59 bits per heavy atom. The van der Waals surface area contributed by atoms with Crippen LogP contribution < -0.4 is 0 Å². The van der Waals surface area contributed by atoms with E-state index in [1.165, 1.54) is 0 Å². The van der Waals surface area contributed by atoms with E-state index >= 15 is 0 Å². The SMILES string of the molecule is O=C(CN1CCN(C(=O)c2cc(-c3ccc(Cl)cc3)nc3ccccc23)CC1)N1CCOCC1. The Kier molecular flexibility index (Phi) is 6.76. The normalized spacial score (nSPS) is 17.2. The average Bonchev–Trinajstić information content (AvgIpc) is 2.89. The van der Waals surface area contributed by atoms with Crippen molar-refractivity contribution in [3.05, 3.63) is 65.2 Å². The smallest absolute Gasteiger partial charge is 0.254 e. The molecule has 2 fully saturated rings. The zero-order valence-electron chi connectivity index (χ0n) is 19.0. The van der Waals surface area contributed by atoms with Gasteiger partial charge in [0.2, 0.25) is 5.91 Å². The Hall–Kier alpha value is -3.00. The number of rotatable bonds is 4. The molecule has 1 aromatic heterocycles. The molecule has 2 amide bonds. The molecule has 34 heavy (non-hydrogen) atoms. The predicted molar refractivity (Wildman–Crippen MR) is 132 cm³/mol. The van der Waals surface area contributed by atoms with Gasteiger partial charge in [0.15, 0.2) is 0 Å². The van der Waals surface area contributed by atoms with E-state index < -0.39 is 0 Å². The van der Waals surface area contributed by atoms with Crippen molar-refractivity contribution < 1.29 is 14.3 Å². The minimum absolute atomic E-state index is 0.00651. The third-order valence-electron chi connectivity index (χ3n) is 6.47. The first-order valence-electron chi connectivity index (χ1n) is 11.6. The number of aromatic nitrogens is 1. The van der Waals surface area contributed by atoms with Gasteiger partial charge in [-0.2, -0.15) is 0 Å². The van der Waals surface area contributed by atoms with Gasteiger partial charge in [0, 0.05) is 55.2 Å². The molecule has 2 aliphatic heterocycles. The second-order valence-corrected chi connectivity index (χ2v) is 9.08. The highest BCUT2D eigenvalue weighted by Crippen LogP contribution is 2.27. The number of benzene rings is 2. The van der Waals surface area contributed by atoms with Gasteiger partial charge < -0.3 is 14.5 Å². The van der Waals surface area contributed by atoms with E-state index in [0.29, 0.717) is 69.6 Å². The van der Waals surface area contributed by atoms with Crippen LogP contribution in [0.4, 0.5) is 0 Å². The van der Waals surface area contributed by atoms with Crippen LogP contribution in [0.1, 0.15) is 10.4 Å². The summed E-state index contributed by atoms with van der Waals surface area (Å²) >= 11 is 6.05. The van der Waals surface area contributed by atoms with Crippen LogP contribution in [0.5, 0.6) is 0 Å². The summed E-state index contributed by atoms with van der Waals surface area (Å²) in [5, 5.41) is 1.50. The van der Waals surface area contributed by atoms with Crippen molar-refractivity contribution in [2.24, 2.45) is 0 Å². The number of amides is 2. The maximum Gasteiger partial charge on any atom is 0.254 e. The molecular weight excluding hydrogens is 452 g/mol. The van der Waals surface area contributed by atoms with E-state index in [1.807, 2.05) is 64.4 Å². The molecule has 0 aliphatic carbocycles. The van der Waals surface area contributed by atoms with E-state index in [2.05, 4.69) is 4.90 Å². The minimum atomic E-state index is -0.00651. The molecule has 0 N–H and O–H groups in total. The van der Waals surface area contributed by atoms with Crippen LogP contribution in [-0.2, 0) is 9.53 Å². The lowest BCUT2D eigenvalue weighted by Crippen LogP contribution is -2.52. The Labute approximate surface area is 203 Å². The Morgan fingerprint density at radius 1 is 0.882 bits per heavy atom. The number of nitrogens with zero attached hydrogens (tertiary/aromatic N) is 4. The molecule has 0 spiro atoms. The molecular formula is C26H27ClN4O3. The third kappa shape index (κ3) is 4.92. The fourth-order valence-electron chi connectivity index (χ4n) is 4.50. The molecule has 2 aromatic carbocycles. The number of carbonyl (C=O) groups excluding carboxylic acids is 2. The summed E-state index contributed by atoms with van der Waals surface area (Å²) in [6, 6.07) is 17.1. The summed E-state index contributed by atoms with van der Waals surface area (Å²) in [7, 11) is 0. The van der Waals surface area contributed by atoms with E-state index in [4.69, 9.17) is 21.3 Å². The zero-order valence-corrected chi connectivity index (χ0v) is 19.7. The fourth-order valence-corrected chi connectivity index (χ4v) is 4.63. The number of hydrogen-bond acceptors (Lipinski definition) is 5. The molecule has 8 heteroatoms. The van der Waals surface area contributed by atoms with Gasteiger partial charge in [-0.15, -0.1) is 0 Å². The predicted octanol–water partition coefficient (Wildman–Crippen LogP) is 3.17. The first-order valence-corrected chi connectivity index (χ1v) is 12.0. The number of ether oxygens (including phenoxy) is 1. The highest BCUT2D eigenvalue weighted by Gasteiger charge is 2.26. The molecule has 3 heterocycles. The Bertz CT molecular complexity index is 1190. The highest BCUT2D eigenvalue weighted by molar-refractivity contribution is 6.30. The summed E-state index contributed by atoms with van der Waals surface area (Å²) in [4.78, 5) is 36.8. The maximum atomic E-state index is 13.6. The van der Waals surface area contributed by atoms with Crippen LogP contribution in [0, 0.1) is 0 Å². The van der Waals surface area contributed by atoms with Crippen LogP contribution in [0.15, 0.2) is 54.6 Å². The third-order valence-corrected chi connectivity index (χ3v) is 6.72. The molecule has 0 saturated carbocycles. The van der Waals surface area contributed by atoms with Crippen LogP contribution in [0.2, 0.25) is 5.02 Å². The number of halogens is 1. The fraction of sp³-hybridized carbons (Fsp3) is 0.346. The molecule has 0 unspecified atom stereocenters. The Morgan fingerprint density at radius 3 is 2.32 bits per heavy atom. The van der Waals surface area contributed by atoms with Gasteiger partial charge >= 0.3 is 0 Å². The van der Waals surface area contributed by atoms with Gasteiger partial charge in [0.25, 0.3) is 5.91 Å². The van der Waals surface area contributed by atoms with E-state index in [-0.39, 0.29) is 11.8 Å². The molecule has 3 aromatic rings. The summed E-state index contributed by atoms with van der Waals surface area (Å²) in [6.07, 6.45) is 0. The molecule has 2 saturated heterocycles. The van der Waals surface area contributed by atoms with Crippen molar-refractivity contribution in [3.63, 3.8) is 0 Å². The van der Waals surface area contributed by atoms with Crippen LogP contribution in [0.25, 0.3) is 22.2 Å². The summed E-state index contributed by atoms with van der Waals surface area (Å²) in [6.45, 7) is 5.43. The van der Waals surface area contributed by atoms with Crippen molar-refractivity contribution in [1.82, 2.24) is 19.7 Å². The number of morpholine rings is 1. The second kappa shape index (κ2) is 10.1. The van der Waals surface area contributed by atoms with Crippen molar-refractivity contribution in [2.75, 3.05) is 59.0 Å². The minimum Gasteiger partial charge on any atom is -0.378 e. The van der Waals surface area contributed by atoms with Crippen molar-refractivity contribution in [1.29, 1.82) is 0 Å². The molecule has 176 valence electrons. The summed E-state index contributed by atoms with van der Waals surface area (Å²) in [5.41, 5.74) is 3.09. The van der Waals surface area contributed by atoms with E-state index in [9.17, 15) is 9.59 Å². The topological polar surface area (TPSA) is 66.0 Å². The first kappa shape index (κ1) is 22.8. The van der Waals surface area contributed by atoms with Crippen molar-refractivity contribution >= 4 is 34.3 Å². The van der Waals surface area contributed by atoms with Gasteiger partial charge in [-0.25, -0.2) is 4.98 Å². The van der Waals surface area contributed by atoms with Crippen LogP contribution in [0.3, 0.4) is 0 Å². The van der Waals surface area contributed by atoms with Gasteiger partial charge in [-0.05, 0) is 24.3 Å². The maximum absolute atomic E-state index is 13.6. The van der Waals surface area contributed by atoms with E-state index in [1.54, 1.807) is 0 Å². The quantitative estimate of drug-likeness (QED) is 0.576. The van der Waals surface area contributed by atoms with Gasteiger partial charge in [-0.1, -0.05) is 41.9 Å². The van der Waals surface area contributed by atoms with Crippen LogP contribution >= 0.6 is 11.6 Å². The van der Waals surface area contributed by atoms with Gasteiger partial charge in [0.05, 0.1) is 36.5 Å². The van der Waals surface area contributed by atoms with Gasteiger partial charge in [0.1, 0.15) is 0 Å². The number of para-hydroxylation sites is 1. The Balaban J connectivity index is 1.31. The van der Waals surface area contributed by atoms with Crippen molar-refractivity contribution in [2.45, 2.75) is 0 Å². The molecule has 2 aliphatic rings. The summed E-state index contributed by atoms with van der Waals surface area (Å²) < 4.78 is 5.33. The molecule has 0 radical (unpaired) electrons. The number of piperazine rings is 1. The van der Waals surface area contributed by atoms with Gasteiger partial charge in [-0.3, -0.25) is 14.5 Å². The average molecular weight is 479 g/mol. The molecule has 0 atom stereocenters. The zero-order chi connectivity index (χ0) is 23.5. The lowest BCUT2D eigenvalue weighted by Gasteiger charge is -2.36. The van der Waals surface area contributed by atoms with E-state index in [0.717, 1.165) is 22.2 Å². The first-order chi connectivity index (χ1) is 16.6. The monoisotopic (exact) mass is 478 g/mol. The molecule has 7 nitrogen and oxygen atoms in total. The second-order valence-electron chi connectivity index (χ2n) is 8.64. The van der Waals surface area contributed by atoms with Crippen molar-refractivity contribution in [3.8, 4) is 11.3 Å². The summed E-state index contributed by atoms with van der Waals surface area (Å²) in [5.74, 6) is 0.128.